The molecule has 5 rings (SSSR count). The van der Waals surface area contributed by atoms with E-state index in [2.05, 4.69) is 23.2 Å². The molecule has 3 aromatic rings. The topological polar surface area (TPSA) is 46.8 Å². The molecule has 1 amide bonds. The van der Waals surface area contributed by atoms with E-state index in [-0.39, 0.29) is 18.2 Å². The van der Waals surface area contributed by atoms with Gasteiger partial charge in [-0.1, -0.05) is 36.4 Å². The van der Waals surface area contributed by atoms with Gasteiger partial charge in [0.15, 0.2) is 0 Å². The molecule has 0 aliphatic carbocycles. The van der Waals surface area contributed by atoms with Crippen LogP contribution in [-0.4, -0.2) is 32.5 Å². The SMILES string of the molecule is O=C(OCc1ccccc1)N1C2C=C(c3ccn4ccnc4c3)CC1CC2. The van der Waals surface area contributed by atoms with Crippen LogP contribution in [0.2, 0.25) is 0 Å². The minimum atomic E-state index is -0.203. The zero-order chi connectivity index (χ0) is 18.2. The van der Waals surface area contributed by atoms with Crippen LogP contribution in [0.5, 0.6) is 0 Å². The molecule has 2 atom stereocenters. The van der Waals surface area contributed by atoms with Crippen LogP contribution in [-0.2, 0) is 11.3 Å². The minimum Gasteiger partial charge on any atom is -0.445 e. The van der Waals surface area contributed by atoms with E-state index in [1.54, 1.807) is 0 Å². The van der Waals surface area contributed by atoms with Crippen LogP contribution in [0.3, 0.4) is 0 Å². The van der Waals surface area contributed by atoms with Gasteiger partial charge in [0, 0.05) is 24.6 Å². The van der Waals surface area contributed by atoms with Gasteiger partial charge in [-0.2, -0.15) is 0 Å². The highest BCUT2D eigenvalue weighted by atomic mass is 16.6. The summed E-state index contributed by atoms with van der Waals surface area (Å²) in [5.74, 6) is 0. The van der Waals surface area contributed by atoms with Crippen molar-refractivity contribution in [3.05, 3.63) is 78.3 Å². The van der Waals surface area contributed by atoms with Crippen molar-refractivity contribution in [2.24, 2.45) is 0 Å². The maximum Gasteiger partial charge on any atom is 0.410 e. The number of carbonyl (C=O) groups is 1. The van der Waals surface area contributed by atoms with Gasteiger partial charge in [0.1, 0.15) is 12.3 Å². The summed E-state index contributed by atoms with van der Waals surface area (Å²) in [4.78, 5) is 19.0. The summed E-state index contributed by atoms with van der Waals surface area (Å²) >= 11 is 0. The third-order valence-corrected chi connectivity index (χ3v) is 5.58. The molecule has 2 aromatic heterocycles. The maximum absolute atomic E-state index is 12.7. The monoisotopic (exact) mass is 359 g/mol. The summed E-state index contributed by atoms with van der Waals surface area (Å²) in [5, 5.41) is 0. The highest BCUT2D eigenvalue weighted by molar-refractivity contribution is 5.75. The van der Waals surface area contributed by atoms with Crippen molar-refractivity contribution in [3.63, 3.8) is 0 Å². The molecule has 0 saturated carbocycles. The van der Waals surface area contributed by atoms with E-state index in [9.17, 15) is 4.79 Å². The van der Waals surface area contributed by atoms with Crippen molar-refractivity contribution < 1.29 is 9.53 Å². The molecule has 0 spiro atoms. The molecule has 0 radical (unpaired) electrons. The number of ether oxygens (including phenoxy) is 1. The van der Waals surface area contributed by atoms with Crippen molar-refractivity contribution in [1.29, 1.82) is 0 Å². The number of aromatic nitrogens is 2. The van der Waals surface area contributed by atoms with Crippen LogP contribution >= 0.6 is 0 Å². The Morgan fingerprint density at radius 1 is 1.15 bits per heavy atom. The molecule has 5 heteroatoms. The first-order valence-electron chi connectivity index (χ1n) is 9.41. The molecule has 1 saturated heterocycles. The van der Waals surface area contributed by atoms with Crippen LogP contribution in [0.4, 0.5) is 4.79 Å². The van der Waals surface area contributed by atoms with Crippen LogP contribution in [0.1, 0.15) is 30.4 Å². The van der Waals surface area contributed by atoms with Gasteiger partial charge in [-0.05, 0) is 48.1 Å². The lowest BCUT2D eigenvalue weighted by Gasteiger charge is -2.33. The Bertz CT molecular complexity index is 1010. The number of pyridine rings is 1. The van der Waals surface area contributed by atoms with Crippen LogP contribution < -0.4 is 0 Å². The predicted molar refractivity (Wildman–Crippen MR) is 103 cm³/mol. The van der Waals surface area contributed by atoms with E-state index in [0.717, 1.165) is 30.5 Å². The average molecular weight is 359 g/mol. The van der Waals surface area contributed by atoms with Crippen LogP contribution in [0.25, 0.3) is 11.2 Å². The molecule has 2 unspecified atom stereocenters. The number of amides is 1. The van der Waals surface area contributed by atoms with Gasteiger partial charge in [-0.3, -0.25) is 4.90 Å². The van der Waals surface area contributed by atoms with E-state index >= 15 is 0 Å². The number of rotatable bonds is 3. The molecule has 1 aromatic carbocycles. The van der Waals surface area contributed by atoms with Crippen LogP contribution in [0, 0.1) is 0 Å². The van der Waals surface area contributed by atoms with Crippen molar-refractivity contribution in [3.8, 4) is 0 Å². The zero-order valence-electron chi connectivity index (χ0n) is 15.0. The lowest BCUT2D eigenvalue weighted by molar-refractivity contribution is 0.0832. The van der Waals surface area contributed by atoms with E-state index in [1.807, 2.05) is 58.2 Å². The zero-order valence-corrected chi connectivity index (χ0v) is 15.0. The van der Waals surface area contributed by atoms with E-state index in [4.69, 9.17) is 4.74 Å². The quantitative estimate of drug-likeness (QED) is 0.701. The summed E-state index contributed by atoms with van der Waals surface area (Å²) in [7, 11) is 0. The van der Waals surface area contributed by atoms with Gasteiger partial charge >= 0.3 is 6.09 Å². The minimum absolute atomic E-state index is 0.123. The second-order valence-corrected chi connectivity index (χ2v) is 7.25. The number of imidazole rings is 1. The number of nitrogens with zero attached hydrogens (tertiary/aromatic N) is 3. The number of hydrogen-bond acceptors (Lipinski definition) is 3. The summed E-state index contributed by atoms with van der Waals surface area (Å²) in [6.45, 7) is 0.322. The lowest BCUT2D eigenvalue weighted by Crippen LogP contribution is -2.43. The highest BCUT2D eigenvalue weighted by Gasteiger charge is 2.40. The van der Waals surface area contributed by atoms with Crippen molar-refractivity contribution in [2.75, 3.05) is 0 Å². The first kappa shape index (κ1) is 16.1. The van der Waals surface area contributed by atoms with Gasteiger partial charge < -0.3 is 9.14 Å². The Balaban J connectivity index is 1.33. The molecule has 2 bridgehead atoms. The Labute approximate surface area is 157 Å². The smallest absolute Gasteiger partial charge is 0.410 e. The molecule has 2 aliphatic heterocycles. The lowest BCUT2D eigenvalue weighted by atomic mass is 9.95. The number of carbonyl (C=O) groups excluding carboxylic acids is 1. The van der Waals surface area contributed by atoms with Crippen molar-refractivity contribution in [1.82, 2.24) is 14.3 Å². The average Bonchev–Trinajstić information content (AvgIpc) is 3.28. The van der Waals surface area contributed by atoms with E-state index in [0.29, 0.717) is 6.61 Å². The first-order valence-corrected chi connectivity index (χ1v) is 9.41. The normalized spacial score (nSPS) is 21.3. The standard InChI is InChI=1S/C22H21N3O2/c26-22(27-15-16-4-2-1-3-5-16)25-19-6-7-20(25)13-18(12-19)17-8-10-24-11-9-23-21(24)14-17/h1-5,8-12,14,19-20H,6-7,13,15H2. The predicted octanol–water partition coefficient (Wildman–Crippen LogP) is 4.29. The number of fused-ring (bicyclic) bond motifs is 3. The molecule has 27 heavy (non-hydrogen) atoms. The number of hydrogen-bond donors (Lipinski definition) is 0. The third kappa shape index (κ3) is 2.99. The molecule has 2 aliphatic rings. The summed E-state index contributed by atoms with van der Waals surface area (Å²) < 4.78 is 7.59. The fourth-order valence-electron chi connectivity index (χ4n) is 4.23. The third-order valence-electron chi connectivity index (χ3n) is 5.58. The Morgan fingerprint density at radius 3 is 2.89 bits per heavy atom. The summed E-state index contributed by atoms with van der Waals surface area (Å²) in [5.41, 5.74) is 4.47. The fraction of sp³-hybridized carbons (Fsp3) is 0.273. The van der Waals surface area contributed by atoms with Gasteiger partial charge in [0.05, 0.1) is 6.04 Å². The molecule has 136 valence electrons. The van der Waals surface area contributed by atoms with Crippen molar-refractivity contribution >= 4 is 17.3 Å². The Kier molecular flexibility index (Phi) is 3.93. The van der Waals surface area contributed by atoms with Crippen molar-refractivity contribution in [2.45, 2.75) is 38.0 Å². The highest BCUT2D eigenvalue weighted by Crippen LogP contribution is 2.39. The van der Waals surface area contributed by atoms with Gasteiger partial charge in [0.25, 0.3) is 0 Å². The Hall–Kier alpha value is -3.08. The second kappa shape index (κ2) is 6.58. The summed E-state index contributed by atoms with van der Waals surface area (Å²) in [6, 6.07) is 14.4. The molecular weight excluding hydrogens is 338 g/mol. The first-order chi connectivity index (χ1) is 13.3. The molecule has 0 N–H and O–H groups in total. The summed E-state index contributed by atoms with van der Waals surface area (Å²) in [6.07, 6.45) is 10.7. The van der Waals surface area contributed by atoms with Crippen LogP contribution in [0.15, 0.2) is 67.1 Å². The van der Waals surface area contributed by atoms with Gasteiger partial charge in [0.2, 0.25) is 0 Å². The Morgan fingerprint density at radius 2 is 2.04 bits per heavy atom. The van der Waals surface area contributed by atoms with E-state index < -0.39 is 0 Å². The molecular formula is C22H21N3O2. The molecule has 1 fully saturated rings. The van der Waals surface area contributed by atoms with Gasteiger partial charge in [-0.25, -0.2) is 9.78 Å². The molecule has 5 nitrogen and oxygen atoms in total. The fourth-order valence-corrected chi connectivity index (χ4v) is 4.23. The largest absolute Gasteiger partial charge is 0.445 e. The maximum atomic E-state index is 12.7. The molecule has 4 heterocycles. The second-order valence-electron chi connectivity index (χ2n) is 7.25. The van der Waals surface area contributed by atoms with E-state index in [1.165, 1.54) is 11.1 Å². The van der Waals surface area contributed by atoms with Gasteiger partial charge in [-0.15, -0.1) is 0 Å². The number of benzene rings is 1.